The number of ether oxygens (including phenoxy) is 3. The number of rotatable bonds is 71. The number of allylic oxidation sites excluding steroid dienone is 7. The maximum atomic E-state index is 13.5. The van der Waals surface area contributed by atoms with Crippen LogP contribution in [0.2, 0.25) is 0 Å². The van der Waals surface area contributed by atoms with Gasteiger partial charge in [-0.1, -0.05) is 358 Å². The lowest BCUT2D eigenvalue weighted by molar-refractivity contribution is -0.305. The second-order valence-corrected chi connectivity index (χ2v) is 28.1. The van der Waals surface area contributed by atoms with Crippen LogP contribution in [0.3, 0.4) is 0 Å². The molecule has 8 atom stereocenters. The van der Waals surface area contributed by atoms with Crippen LogP contribution >= 0.6 is 0 Å². The summed E-state index contributed by atoms with van der Waals surface area (Å²) in [6, 6.07) is -1.02. The molecule has 1 aliphatic heterocycles. The summed E-state index contributed by atoms with van der Waals surface area (Å²) in [6.45, 7) is 5.84. The zero-order chi connectivity index (χ0) is 67.4. The first kappa shape index (κ1) is 88.6. The number of hydrogen-bond donors (Lipinski definition) is 6. The van der Waals surface area contributed by atoms with Gasteiger partial charge < -0.3 is 45.1 Å². The van der Waals surface area contributed by atoms with Gasteiger partial charge in [0.25, 0.3) is 0 Å². The Balaban J connectivity index is 2.49. The monoisotopic (exact) mass is 1310 g/mol. The van der Waals surface area contributed by atoms with Crippen molar-refractivity contribution in [2.24, 2.45) is 0 Å². The maximum absolute atomic E-state index is 13.5. The minimum Gasteiger partial charge on any atom is -0.454 e. The molecular formula is C82H153NO10. The van der Waals surface area contributed by atoms with Crippen molar-refractivity contribution in [1.29, 1.82) is 0 Å². The number of carbonyl (C=O) groups excluding carboxylic acids is 2. The molecule has 93 heavy (non-hydrogen) atoms. The summed E-state index contributed by atoms with van der Waals surface area (Å²) in [5.41, 5.74) is 0. The van der Waals surface area contributed by atoms with E-state index in [4.69, 9.17) is 14.2 Å². The van der Waals surface area contributed by atoms with Gasteiger partial charge in [0.15, 0.2) is 12.4 Å². The van der Waals surface area contributed by atoms with Gasteiger partial charge in [-0.3, -0.25) is 9.59 Å². The molecule has 0 radical (unpaired) electrons. The Hall–Kier alpha value is -2.38. The molecule has 0 bridgehead atoms. The van der Waals surface area contributed by atoms with Gasteiger partial charge >= 0.3 is 5.97 Å². The normalized spacial score (nSPS) is 18.0. The van der Waals surface area contributed by atoms with Crippen molar-refractivity contribution in [3.8, 4) is 0 Å². The molecule has 1 heterocycles. The zero-order valence-electron chi connectivity index (χ0n) is 61.1. The van der Waals surface area contributed by atoms with Crippen LogP contribution in [0.25, 0.3) is 0 Å². The third-order valence-electron chi connectivity index (χ3n) is 19.2. The summed E-state index contributed by atoms with van der Waals surface area (Å²) >= 11 is 0. The fraction of sp³-hybridized carbons (Fsp3) is 0.878. The van der Waals surface area contributed by atoms with E-state index in [1.54, 1.807) is 6.08 Å². The molecule has 1 aliphatic rings. The van der Waals surface area contributed by atoms with Gasteiger partial charge in [-0.25, -0.2) is 0 Å². The lowest BCUT2D eigenvalue weighted by atomic mass is 9.99. The fourth-order valence-corrected chi connectivity index (χ4v) is 12.9. The van der Waals surface area contributed by atoms with E-state index in [-0.39, 0.29) is 13.0 Å². The van der Waals surface area contributed by atoms with Crippen molar-refractivity contribution >= 4 is 11.9 Å². The van der Waals surface area contributed by atoms with Crippen molar-refractivity contribution < 1.29 is 49.3 Å². The molecule has 0 saturated carbocycles. The predicted octanol–water partition coefficient (Wildman–Crippen LogP) is 21.9. The van der Waals surface area contributed by atoms with Gasteiger partial charge in [0.05, 0.1) is 25.4 Å². The fourth-order valence-electron chi connectivity index (χ4n) is 12.9. The third-order valence-corrected chi connectivity index (χ3v) is 19.2. The van der Waals surface area contributed by atoms with Crippen molar-refractivity contribution in [2.75, 3.05) is 13.2 Å². The molecule has 0 spiro atoms. The van der Waals surface area contributed by atoms with Crippen LogP contribution < -0.4 is 5.32 Å². The second kappa shape index (κ2) is 69.5. The molecule has 0 aromatic heterocycles. The van der Waals surface area contributed by atoms with Crippen molar-refractivity contribution in [3.05, 3.63) is 48.6 Å². The summed E-state index contributed by atoms with van der Waals surface area (Å²) < 4.78 is 17.8. The predicted molar refractivity (Wildman–Crippen MR) is 394 cm³/mol. The average Bonchev–Trinajstić information content (AvgIpc) is 0.910. The largest absolute Gasteiger partial charge is 0.454 e. The Morgan fingerprint density at radius 1 is 0.419 bits per heavy atom. The van der Waals surface area contributed by atoms with Crippen LogP contribution in [0, 0.1) is 0 Å². The molecular weight excluding hydrogens is 1160 g/mol. The Labute approximate surface area is 574 Å². The number of amides is 1. The maximum Gasteiger partial charge on any atom is 0.306 e. The molecule has 1 amide bonds. The van der Waals surface area contributed by atoms with Crippen LogP contribution in [-0.2, 0) is 23.8 Å². The first-order valence-corrected chi connectivity index (χ1v) is 40.4. The molecule has 1 rings (SSSR count). The minimum atomic E-state index is -1.61. The molecule has 546 valence electrons. The third kappa shape index (κ3) is 56.2. The average molecular weight is 1310 g/mol. The molecule has 6 N–H and O–H groups in total. The molecule has 11 nitrogen and oxygen atoms in total. The standard InChI is InChI=1S/C82H153NO10/c1-4-7-10-13-16-19-22-25-27-29-31-33-35-37-39-40-42-44-46-48-51-54-57-60-63-66-69-75(86)81(90)83-73(74(85)68-65-62-59-56-53-50-24-21-18-15-12-9-6-3)72-91-82-80(79(89)78(88)76(71-84)92-82)93-77(87)70-67-64-61-58-55-52-49-47-45-43-41-38-36-34-32-30-28-26-23-20-17-14-11-8-5-2/h16,19,25-28,65,68,73-76,78-80,82,84-86,88-89H,4-15,17-18,20-24,29-64,66-67,69-72H2,1-3H3,(H,83,90)/b19-16-,27-25-,28-26+,68-65+. The molecule has 1 saturated heterocycles. The van der Waals surface area contributed by atoms with Gasteiger partial charge in [0.2, 0.25) is 5.91 Å². The summed E-state index contributed by atoms with van der Waals surface area (Å²) in [4.78, 5) is 26.8. The van der Waals surface area contributed by atoms with Gasteiger partial charge in [-0.2, -0.15) is 0 Å². The number of hydrogen-bond acceptors (Lipinski definition) is 10. The Bertz CT molecular complexity index is 1700. The van der Waals surface area contributed by atoms with E-state index in [1.165, 1.54) is 289 Å². The van der Waals surface area contributed by atoms with E-state index in [2.05, 4.69) is 62.5 Å². The van der Waals surface area contributed by atoms with E-state index in [0.717, 1.165) is 64.2 Å². The zero-order valence-corrected chi connectivity index (χ0v) is 61.1. The molecule has 0 aliphatic carbocycles. The first-order chi connectivity index (χ1) is 45.7. The van der Waals surface area contributed by atoms with Crippen molar-refractivity contribution in [3.63, 3.8) is 0 Å². The molecule has 11 heteroatoms. The summed E-state index contributed by atoms with van der Waals surface area (Å²) in [5.74, 6) is -1.17. The van der Waals surface area contributed by atoms with Crippen LogP contribution in [0.5, 0.6) is 0 Å². The summed E-state index contributed by atoms with van der Waals surface area (Å²) in [5, 5.41) is 57.5. The number of esters is 1. The van der Waals surface area contributed by atoms with E-state index in [1.807, 2.05) is 6.08 Å². The quantitative estimate of drug-likeness (QED) is 0.0195. The Kier molecular flexibility index (Phi) is 66.3. The van der Waals surface area contributed by atoms with Gasteiger partial charge in [0.1, 0.15) is 24.4 Å². The van der Waals surface area contributed by atoms with E-state index in [9.17, 15) is 35.1 Å². The van der Waals surface area contributed by atoms with E-state index in [0.29, 0.717) is 19.3 Å². The summed E-state index contributed by atoms with van der Waals surface area (Å²) in [7, 11) is 0. The highest BCUT2D eigenvalue weighted by Gasteiger charge is 2.47. The molecule has 1 fully saturated rings. The van der Waals surface area contributed by atoms with Gasteiger partial charge in [-0.15, -0.1) is 0 Å². The number of aliphatic hydroxyl groups excluding tert-OH is 5. The van der Waals surface area contributed by atoms with Crippen molar-refractivity contribution in [2.45, 2.75) is 449 Å². The molecule has 8 unspecified atom stereocenters. The van der Waals surface area contributed by atoms with Gasteiger partial charge in [-0.05, 0) is 83.5 Å². The lowest BCUT2D eigenvalue weighted by Gasteiger charge is -2.41. The highest BCUT2D eigenvalue weighted by molar-refractivity contribution is 5.80. The van der Waals surface area contributed by atoms with Crippen molar-refractivity contribution in [1.82, 2.24) is 5.32 Å². The van der Waals surface area contributed by atoms with Crippen LogP contribution in [0.1, 0.15) is 400 Å². The topological polar surface area (TPSA) is 175 Å². The second-order valence-electron chi connectivity index (χ2n) is 28.1. The highest BCUT2D eigenvalue weighted by atomic mass is 16.7. The Morgan fingerprint density at radius 3 is 1.13 bits per heavy atom. The smallest absolute Gasteiger partial charge is 0.306 e. The number of carbonyl (C=O) groups is 2. The number of aliphatic hydroxyl groups is 5. The first-order valence-electron chi connectivity index (χ1n) is 40.4. The molecule has 0 aromatic rings. The molecule has 0 aromatic carbocycles. The van der Waals surface area contributed by atoms with E-state index >= 15 is 0 Å². The van der Waals surface area contributed by atoms with E-state index < -0.39 is 67.4 Å². The SMILES string of the molecule is CCCCC/C=C\C/C=C\CCCCCCCCCCCCCCCCCCC(O)C(=O)NC(COC1OC(CO)C(O)C(O)C1OC(=O)CCCCCCCCCCCCCCCCC/C=C/CCCCCCCC)C(O)/C=C/CCCCCCCCCCCCC. The van der Waals surface area contributed by atoms with Crippen LogP contribution in [0.4, 0.5) is 0 Å². The Morgan fingerprint density at radius 2 is 0.742 bits per heavy atom. The number of nitrogens with one attached hydrogen (secondary N) is 1. The van der Waals surface area contributed by atoms with Crippen LogP contribution in [0.15, 0.2) is 48.6 Å². The van der Waals surface area contributed by atoms with Gasteiger partial charge in [0, 0.05) is 6.42 Å². The summed E-state index contributed by atoms with van der Waals surface area (Å²) in [6.07, 6.45) is 78.8. The minimum absolute atomic E-state index is 0.128. The number of unbranched alkanes of at least 4 members (excludes halogenated alkanes) is 51. The highest BCUT2D eigenvalue weighted by Crippen LogP contribution is 2.27. The van der Waals surface area contributed by atoms with Crippen LogP contribution in [-0.4, -0.2) is 99.6 Å². The lowest BCUT2D eigenvalue weighted by Crippen LogP contribution is -2.61.